The Morgan fingerprint density at radius 2 is 2.14 bits per heavy atom. The highest BCUT2D eigenvalue weighted by Crippen LogP contribution is 2.27. The van der Waals surface area contributed by atoms with Crippen LogP contribution in [0.4, 0.5) is 5.69 Å². The van der Waals surface area contributed by atoms with Gasteiger partial charge in [0.1, 0.15) is 5.75 Å². The van der Waals surface area contributed by atoms with E-state index in [1.165, 1.54) is 13.2 Å². The lowest BCUT2D eigenvalue weighted by atomic mass is 10.2. The average molecular weight is 320 g/mol. The molecule has 1 heterocycles. The highest BCUT2D eigenvalue weighted by molar-refractivity contribution is 6.31. The first-order chi connectivity index (χ1) is 10.4. The Labute approximate surface area is 134 Å². The molecule has 2 rings (SSSR count). The Kier molecular flexibility index (Phi) is 4.88. The Morgan fingerprint density at radius 3 is 2.73 bits per heavy atom. The number of carbonyl (C=O) groups excluding carboxylic acids is 1. The molecule has 0 saturated carbocycles. The van der Waals surface area contributed by atoms with Crippen molar-refractivity contribution in [2.45, 2.75) is 13.8 Å². The van der Waals surface area contributed by atoms with Crippen LogP contribution in [0.25, 0.3) is 6.08 Å². The molecule has 116 valence electrons. The van der Waals surface area contributed by atoms with Crippen LogP contribution in [0.2, 0.25) is 5.02 Å². The zero-order valence-corrected chi connectivity index (χ0v) is 13.7. The molecule has 0 aliphatic heterocycles. The van der Waals surface area contributed by atoms with Gasteiger partial charge in [-0.3, -0.25) is 9.48 Å². The van der Waals surface area contributed by atoms with Gasteiger partial charge < -0.3 is 10.1 Å². The summed E-state index contributed by atoms with van der Waals surface area (Å²) in [6.07, 6.45) is 3.22. The van der Waals surface area contributed by atoms with Crippen LogP contribution in [-0.4, -0.2) is 22.8 Å². The first-order valence-electron chi connectivity index (χ1n) is 6.75. The minimum absolute atomic E-state index is 0.261. The van der Waals surface area contributed by atoms with Crippen LogP contribution < -0.4 is 10.1 Å². The van der Waals surface area contributed by atoms with Crippen LogP contribution in [0.1, 0.15) is 17.0 Å². The molecule has 0 atom stereocenters. The molecule has 22 heavy (non-hydrogen) atoms. The molecule has 0 saturated heterocycles. The summed E-state index contributed by atoms with van der Waals surface area (Å²) >= 11 is 5.94. The fourth-order valence-corrected chi connectivity index (χ4v) is 2.31. The monoisotopic (exact) mass is 319 g/mol. The van der Waals surface area contributed by atoms with Gasteiger partial charge in [-0.15, -0.1) is 0 Å². The van der Waals surface area contributed by atoms with E-state index in [0.717, 1.165) is 17.0 Å². The fraction of sp³-hybridized carbons (Fsp3) is 0.250. The van der Waals surface area contributed by atoms with Crippen molar-refractivity contribution in [1.29, 1.82) is 0 Å². The first kappa shape index (κ1) is 16.1. The number of benzene rings is 1. The summed E-state index contributed by atoms with van der Waals surface area (Å²) in [6.45, 7) is 3.86. The molecule has 5 nitrogen and oxygen atoms in total. The lowest BCUT2D eigenvalue weighted by Gasteiger charge is -2.08. The van der Waals surface area contributed by atoms with E-state index >= 15 is 0 Å². The number of aryl methyl sites for hydroxylation is 2. The second-order valence-corrected chi connectivity index (χ2v) is 5.31. The van der Waals surface area contributed by atoms with Gasteiger partial charge in [-0.25, -0.2) is 0 Å². The third kappa shape index (κ3) is 3.49. The Bertz CT molecular complexity index is 735. The number of hydrogen-bond donors (Lipinski definition) is 1. The van der Waals surface area contributed by atoms with Gasteiger partial charge in [0.25, 0.3) is 0 Å². The first-order valence-corrected chi connectivity index (χ1v) is 7.13. The maximum atomic E-state index is 12.1. The van der Waals surface area contributed by atoms with E-state index in [2.05, 4.69) is 10.4 Å². The molecule has 1 N–H and O–H groups in total. The maximum Gasteiger partial charge on any atom is 0.248 e. The van der Waals surface area contributed by atoms with E-state index in [-0.39, 0.29) is 5.91 Å². The van der Waals surface area contributed by atoms with E-state index in [9.17, 15) is 4.79 Å². The summed E-state index contributed by atoms with van der Waals surface area (Å²) in [4.78, 5) is 12.1. The molecule has 0 aliphatic carbocycles. The van der Waals surface area contributed by atoms with Gasteiger partial charge in [-0.05, 0) is 38.1 Å². The number of anilines is 1. The van der Waals surface area contributed by atoms with Gasteiger partial charge in [0.2, 0.25) is 5.91 Å². The minimum Gasteiger partial charge on any atom is -0.495 e. The molecule has 6 heteroatoms. The van der Waals surface area contributed by atoms with E-state index in [4.69, 9.17) is 16.3 Å². The molecular formula is C16H18ClN3O2. The predicted octanol–water partition coefficient (Wildman–Crippen LogP) is 3.35. The SMILES string of the molecule is COc1ccc(Cl)cc1NC(=O)/C=C/c1c(C)nn(C)c1C. The van der Waals surface area contributed by atoms with Crippen LogP contribution in [-0.2, 0) is 11.8 Å². The van der Waals surface area contributed by atoms with Crippen molar-refractivity contribution in [3.8, 4) is 5.75 Å². The second kappa shape index (κ2) is 6.66. The summed E-state index contributed by atoms with van der Waals surface area (Å²) in [5.41, 5.74) is 3.35. The van der Waals surface area contributed by atoms with Crippen LogP contribution >= 0.6 is 11.6 Å². The Balaban J connectivity index is 2.17. The molecule has 0 spiro atoms. The predicted molar refractivity (Wildman–Crippen MR) is 88.3 cm³/mol. The standard InChI is InChI=1S/C16H18ClN3O2/c1-10-13(11(2)20(3)19-10)6-8-16(21)18-14-9-12(17)5-7-15(14)22-4/h5-9H,1-4H3,(H,18,21)/b8-6+. The maximum absolute atomic E-state index is 12.1. The number of methoxy groups -OCH3 is 1. The summed E-state index contributed by atoms with van der Waals surface area (Å²) in [5, 5.41) is 7.59. The van der Waals surface area contributed by atoms with Gasteiger partial charge in [-0.2, -0.15) is 5.10 Å². The topological polar surface area (TPSA) is 56.1 Å². The fourth-order valence-electron chi connectivity index (χ4n) is 2.14. The lowest BCUT2D eigenvalue weighted by Crippen LogP contribution is -2.09. The zero-order chi connectivity index (χ0) is 16.3. The number of rotatable bonds is 4. The number of hydrogen-bond acceptors (Lipinski definition) is 3. The van der Waals surface area contributed by atoms with Crippen LogP contribution in [0.5, 0.6) is 5.75 Å². The number of ether oxygens (including phenoxy) is 1. The molecule has 1 aromatic heterocycles. The van der Waals surface area contributed by atoms with E-state index in [1.807, 2.05) is 20.9 Å². The second-order valence-electron chi connectivity index (χ2n) is 4.88. The van der Waals surface area contributed by atoms with E-state index in [1.54, 1.807) is 29.0 Å². The molecule has 0 unspecified atom stereocenters. The number of carbonyl (C=O) groups is 1. The van der Waals surface area contributed by atoms with E-state index in [0.29, 0.717) is 16.5 Å². The smallest absolute Gasteiger partial charge is 0.248 e. The molecular weight excluding hydrogens is 302 g/mol. The summed E-state index contributed by atoms with van der Waals surface area (Å²) < 4.78 is 6.98. The third-order valence-corrected chi connectivity index (χ3v) is 3.62. The van der Waals surface area contributed by atoms with Gasteiger partial charge in [0.05, 0.1) is 18.5 Å². The van der Waals surface area contributed by atoms with Crippen molar-refractivity contribution in [3.63, 3.8) is 0 Å². The molecule has 0 fully saturated rings. The zero-order valence-electron chi connectivity index (χ0n) is 13.0. The molecule has 1 amide bonds. The Hall–Kier alpha value is -2.27. The number of aromatic nitrogens is 2. The van der Waals surface area contributed by atoms with Gasteiger partial charge in [0, 0.05) is 29.4 Å². The highest BCUT2D eigenvalue weighted by Gasteiger charge is 2.08. The average Bonchev–Trinajstić information content (AvgIpc) is 2.70. The van der Waals surface area contributed by atoms with Crippen molar-refractivity contribution in [1.82, 2.24) is 9.78 Å². The van der Waals surface area contributed by atoms with Gasteiger partial charge in [-0.1, -0.05) is 11.6 Å². The van der Waals surface area contributed by atoms with E-state index < -0.39 is 0 Å². The van der Waals surface area contributed by atoms with Crippen LogP contribution in [0, 0.1) is 13.8 Å². The Morgan fingerprint density at radius 1 is 1.41 bits per heavy atom. The van der Waals surface area contributed by atoms with Gasteiger partial charge >= 0.3 is 0 Å². The molecule has 0 radical (unpaired) electrons. The van der Waals surface area contributed by atoms with Crippen molar-refractivity contribution >= 4 is 29.3 Å². The molecule has 1 aromatic carbocycles. The normalized spacial score (nSPS) is 11.0. The number of nitrogens with one attached hydrogen (secondary N) is 1. The number of amides is 1. The largest absolute Gasteiger partial charge is 0.495 e. The molecule has 2 aromatic rings. The quantitative estimate of drug-likeness (QED) is 0.879. The van der Waals surface area contributed by atoms with Crippen LogP contribution in [0.3, 0.4) is 0 Å². The van der Waals surface area contributed by atoms with Crippen LogP contribution in [0.15, 0.2) is 24.3 Å². The van der Waals surface area contributed by atoms with Crippen molar-refractivity contribution < 1.29 is 9.53 Å². The number of nitrogens with zero attached hydrogens (tertiary/aromatic N) is 2. The van der Waals surface area contributed by atoms with Crippen molar-refractivity contribution in [2.75, 3.05) is 12.4 Å². The molecule has 0 bridgehead atoms. The van der Waals surface area contributed by atoms with Crippen molar-refractivity contribution in [3.05, 3.63) is 46.2 Å². The summed E-state index contributed by atoms with van der Waals surface area (Å²) in [6, 6.07) is 5.05. The molecule has 0 aliphatic rings. The highest BCUT2D eigenvalue weighted by atomic mass is 35.5. The summed E-state index contributed by atoms with van der Waals surface area (Å²) in [5.74, 6) is 0.295. The van der Waals surface area contributed by atoms with Gasteiger partial charge in [0.15, 0.2) is 0 Å². The van der Waals surface area contributed by atoms with Crippen molar-refractivity contribution in [2.24, 2.45) is 7.05 Å². The number of halogens is 1. The minimum atomic E-state index is -0.261. The summed E-state index contributed by atoms with van der Waals surface area (Å²) in [7, 11) is 3.41. The third-order valence-electron chi connectivity index (χ3n) is 3.39. The lowest BCUT2D eigenvalue weighted by molar-refractivity contribution is -0.111.